The molecule has 2 aliphatic heterocycles. The van der Waals surface area contributed by atoms with Gasteiger partial charge < -0.3 is 9.80 Å². The topological polar surface area (TPSA) is 22.6 Å². The molecule has 22 heavy (non-hydrogen) atoms. The SMILES string of the molecule is CCN1CCC(N2CCCC2c2ccnc(N(C)C)c2)CC1. The Kier molecular flexibility index (Phi) is 4.99. The third-order valence-electron chi connectivity index (χ3n) is 5.38. The van der Waals surface area contributed by atoms with Crippen LogP contribution in [0.4, 0.5) is 5.82 Å². The molecule has 0 aromatic carbocycles. The normalized spacial score (nSPS) is 24.8. The van der Waals surface area contributed by atoms with Crippen LogP contribution in [0.1, 0.15) is 44.2 Å². The van der Waals surface area contributed by atoms with Crippen LogP contribution in [-0.2, 0) is 0 Å². The quantitative estimate of drug-likeness (QED) is 0.853. The first-order valence-corrected chi connectivity index (χ1v) is 8.80. The molecule has 1 atom stereocenters. The Balaban J connectivity index is 1.72. The molecular formula is C18H30N4. The van der Waals surface area contributed by atoms with Crippen molar-refractivity contribution >= 4 is 5.82 Å². The summed E-state index contributed by atoms with van der Waals surface area (Å²) in [6, 6.07) is 5.87. The van der Waals surface area contributed by atoms with Crippen LogP contribution in [0.5, 0.6) is 0 Å². The summed E-state index contributed by atoms with van der Waals surface area (Å²) in [5.41, 5.74) is 1.45. The van der Waals surface area contributed by atoms with Crippen molar-refractivity contribution in [2.45, 2.75) is 44.7 Å². The molecule has 1 aromatic heterocycles. The minimum atomic E-state index is 0.597. The Bertz CT molecular complexity index is 480. The fourth-order valence-electron chi connectivity index (χ4n) is 4.04. The number of hydrogen-bond acceptors (Lipinski definition) is 4. The lowest BCUT2D eigenvalue weighted by molar-refractivity contribution is 0.101. The van der Waals surface area contributed by atoms with E-state index >= 15 is 0 Å². The number of pyridine rings is 1. The Morgan fingerprint density at radius 2 is 1.95 bits per heavy atom. The highest BCUT2D eigenvalue weighted by Crippen LogP contribution is 2.36. The molecule has 4 heteroatoms. The summed E-state index contributed by atoms with van der Waals surface area (Å²) in [6.07, 6.45) is 7.26. The molecule has 1 unspecified atom stereocenters. The molecule has 0 bridgehead atoms. The van der Waals surface area contributed by atoms with Crippen molar-refractivity contribution in [2.75, 3.05) is 45.2 Å². The standard InChI is InChI=1S/C18H30N4/c1-4-21-12-8-16(9-13-21)22-11-5-6-17(22)15-7-10-19-18(14-15)20(2)3/h7,10,14,16-17H,4-6,8-9,11-13H2,1-3H3. The predicted molar refractivity (Wildman–Crippen MR) is 92.4 cm³/mol. The summed E-state index contributed by atoms with van der Waals surface area (Å²) in [5.74, 6) is 1.07. The van der Waals surface area contributed by atoms with Crippen LogP contribution in [0, 0.1) is 0 Å². The molecule has 2 aliphatic rings. The van der Waals surface area contributed by atoms with E-state index < -0.39 is 0 Å². The minimum absolute atomic E-state index is 0.597. The zero-order valence-corrected chi connectivity index (χ0v) is 14.3. The van der Waals surface area contributed by atoms with Crippen molar-refractivity contribution in [2.24, 2.45) is 0 Å². The van der Waals surface area contributed by atoms with Crippen molar-refractivity contribution in [3.05, 3.63) is 23.9 Å². The van der Waals surface area contributed by atoms with Crippen molar-refractivity contribution < 1.29 is 0 Å². The first-order chi connectivity index (χ1) is 10.7. The fraction of sp³-hybridized carbons (Fsp3) is 0.722. The maximum atomic E-state index is 4.47. The third kappa shape index (κ3) is 3.28. The lowest BCUT2D eigenvalue weighted by atomic mass is 9.99. The number of nitrogens with zero attached hydrogens (tertiary/aromatic N) is 4. The molecule has 0 N–H and O–H groups in total. The van der Waals surface area contributed by atoms with Gasteiger partial charge in [-0.3, -0.25) is 4.90 Å². The van der Waals surface area contributed by atoms with Crippen LogP contribution < -0.4 is 4.90 Å². The second kappa shape index (κ2) is 6.97. The van der Waals surface area contributed by atoms with E-state index in [9.17, 15) is 0 Å². The highest BCUT2D eigenvalue weighted by molar-refractivity contribution is 5.40. The average Bonchev–Trinajstić information content (AvgIpc) is 3.04. The zero-order valence-electron chi connectivity index (χ0n) is 14.3. The monoisotopic (exact) mass is 302 g/mol. The lowest BCUT2D eigenvalue weighted by Crippen LogP contribution is -2.44. The summed E-state index contributed by atoms with van der Waals surface area (Å²) in [6.45, 7) is 7.28. The molecule has 2 fully saturated rings. The van der Waals surface area contributed by atoms with Gasteiger partial charge in [0.1, 0.15) is 5.82 Å². The van der Waals surface area contributed by atoms with E-state index in [4.69, 9.17) is 0 Å². The van der Waals surface area contributed by atoms with E-state index in [-0.39, 0.29) is 0 Å². The summed E-state index contributed by atoms with van der Waals surface area (Å²) in [5, 5.41) is 0. The van der Waals surface area contributed by atoms with Gasteiger partial charge in [0.2, 0.25) is 0 Å². The first kappa shape index (κ1) is 15.8. The van der Waals surface area contributed by atoms with Crippen molar-refractivity contribution in [1.29, 1.82) is 0 Å². The molecule has 4 nitrogen and oxygen atoms in total. The Labute approximate surface area is 135 Å². The summed E-state index contributed by atoms with van der Waals surface area (Å²) in [7, 11) is 4.14. The average molecular weight is 302 g/mol. The molecule has 122 valence electrons. The number of likely N-dealkylation sites (tertiary alicyclic amines) is 2. The second-order valence-electron chi connectivity index (χ2n) is 6.90. The van der Waals surface area contributed by atoms with Crippen LogP contribution in [0.25, 0.3) is 0 Å². The van der Waals surface area contributed by atoms with E-state index in [1.165, 1.54) is 57.4 Å². The Morgan fingerprint density at radius 3 is 2.64 bits per heavy atom. The maximum absolute atomic E-state index is 4.47. The second-order valence-corrected chi connectivity index (χ2v) is 6.90. The van der Waals surface area contributed by atoms with Gasteiger partial charge >= 0.3 is 0 Å². The van der Waals surface area contributed by atoms with E-state index in [2.05, 4.69) is 52.8 Å². The van der Waals surface area contributed by atoms with Gasteiger partial charge in [-0.25, -0.2) is 4.98 Å². The summed E-state index contributed by atoms with van der Waals surface area (Å²) < 4.78 is 0. The highest BCUT2D eigenvalue weighted by atomic mass is 15.2. The molecular weight excluding hydrogens is 272 g/mol. The Hall–Kier alpha value is -1.13. The fourth-order valence-corrected chi connectivity index (χ4v) is 4.04. The van der Waals surface area contributed by atoms with Crippen LogP contribution in [0.3, 0.4) is 0 Å². The predicted octanol–water partition coefficient (Wildman–Crippen LogP) is 2.77. The molecule has 1 aromatic rings. The van der Waals surface area contributed by atoms with Gasteiger partial charge in [0, 0.05) is 32.4 Å². The smallest absolute Gasteiger partial charge is 0.128 e. The van der Waals surface area contributed by atoms with Crippen LogP contribution >= 0.6 is 0 Å². The van der Waals surface area contributed by atoms with E-state index in [0.29, 0.717) is 6.04 Å². The van der Waals surface area contributed by atoms with Gasteiger partial charge in [-0.05, 0) is 69.6 Å². The molecule has 2 saturated heterocycles. The summed E-state index contributed by atoms with van der Waals surface area (Å²) in [4.78, 5) is 11.9. The highest BCUT2D eigenvalue weighted by Gasteiger charge is 2.33. The minimum Gasteiger partial charge on any atom is -0.363 e. The molecule has 0 aliphatic carbocycles. The van der Waals surface area contributed by atoms with Crippen molar-refractivity contribution in [1.82, 2.24) is 14.8 Å². The largest absolute Gasteiger partial charge is 0.363 e. The molecule has 0 radical (unpaired) electrons. The van der Waals surface area contributed by atoms with E-state index in [1.54, 1.807) is 0 Å². The van der Waals surface area contributed by atoms with E-state index in [0.717, 1.165) is 11.9 Å². The molecule has 0 spiro atoms. The van der Waals surface area contributed by atoms with Crippen LogP contribution in [-0.4, -0.2) is 61.1 Å². The van der Waals surface area contributed by atoms with E-state index in [1.807, 2.05) is 6.20 Å². The molecule has 3 heterocycles. The van der Waals surface area contributed by atoms with Gasteiger partial charge in [0.15, 0.2) is 0 Å². The molecule has 3 rings (SSSR count). The van der Waals surface area contributed by atoms with Gasteiger partial charge in [0.05, 0.1) is 0 Å². The maximum Gasteiger partial charge on any atom is 0.128 e. The van der Waals surface area contributed by atoms with Gasteiger partial charge in [-0.2, -0.15) is 0 Å². The number of aromatic nitrogens is 1. The van der Waals surface area contributed by atoms with Gasteiger partial charge in [0.25, 0.3) is 0 Å². The zero-order chi connectivity index (χ0) is 15.5. The molecule has 0 saturated carbocycles. The number of hydrogen-bond donors (Lipinski definition) is 0. The molecule has 0 amide bonds. The van der Waals surface area contributed by atoms with Gasteiger partial charge in [-0.15, -0.1) is 0 Å². The number of piperidine rings is 1. The van der Waals surface area contributed by atoms with Crippen molar-refractivity contribution in [3.63, 3.8) is 0 Å². The lowest BCUT2D eigenvalue weighted by Gasteiger charge is -2.39. The van der Waals surface area contributed by atoms with Crippen LogP contribution in [0.2, 0.25) is 0 Å². The Morgan fingerprint density at radius 1 is 1.18 bits per heavy atom. The number of rotatable bonds is 4. The summed E-state index contributed by atoms with van der Waals surface area (Å²) >= 11 is 0. The van der Waals surface area contributed by atoms with Gasteiger partial charge in [-0.1, -0.05) is 6.92 Å². The third-order valence-corrected chi connectivity index (χ3v) is 5.38. The van der Waals surface area contributed by atoms with Crippen LogP contribution in [0.15, 0.2) is 18.3 Å². The van der Waals surface area contributed by atoms with Crippen molar-refractivity contribution in [3.8, 4) is 0 Å². The first-order valence-electron chi connectivity index (χ1n) is 8.80. The number of anilines is 1.